The molecule has 2 aromatic carbocycles. The number of benzene rings is 2. The van der Waals surface area contributed by atoms with Crippen LogP contribution in [0.2, 0.25) is 0 Å². The van der Waals surface area contributed by atoms with Crippen molar-refractivity contribution in [3.05, 3.63) is 109 Å². The van der Waals surface area contributed by atoms with Gasteiger partial charge in [0.1, 0.15) is 11.5 Å². The van der Waals surface area contributed by atoms with Crippen molar-refractivity contribution in [2.45, 2.75) is 20.3 Å². The fourth-order valence-corrected chi connectivity index (χ4v) is 4.21. The standard InChI is InChI=1S/C30H27FN6/c1-5-18(2)34-24-13-22(15-32-16-24)28-14-26-29(17-33-28)36-37-30(26)20(4)35-27-11-7-10-25(19(27)3)21-8-6-9-23(31)12-21/h6-17,34-35H,2,4-5H2,1,3H3,(H,36,37). The van der Waals surface area contributed by atoms with Crippen molar-refractivity contribution in [3.8, 4) is 22.4 Å². The highest BCUT2D eigenvalue weighted by Gasteiger charge is 2.14. The SMILES string of the molecule is C=C(CC)Nc1cncc(-c2cc3c(C(=C)Nc4cccc(-c5cccc(F)c5)c4C)n[nH]c3cn2)c1. The van der Waals surface area contributed by atoms with E-state index in [9.17, 15) is 4.39 Å². The maximum atomic E-state index is 13.8. The zero-order chi connectivity index (χ0) is 25.9. The highest BCUT2D eigenvalue weighted by molar-refractivity contribution is 5.94. The van der Waals surface area contributed by atoms with Gasteiger partial charge in [-0.2, -0.15) is 5.10 Å². The summed E-state index contributed by atoms with van der Waals surface area (Å²) in [5, 5.41) is 15.1. The maximum Gasteiger partial charge on any atom is 0.123 e. The van der Waals surface area contributed by atoms with Crippen LogP contribution >= 0.6 is 0 Å². The third-order valence-corrected chi connectivity index (χ3v) is 6.27. The second-order valence-corrected chi connectivity index (χ2v) is 8.82. The van der Waals surface area contributed by atoms with Gasteiger partial charge in [-0.05, 0) is 60.4 Å². The number of hydrogen-bond donors (Lipinski definition) is 3. The van der Waals surface area contributed by atoms with Crippen LogP contribution in [0.5, 0.6) is 0 Å². The Labute approximate surface area is 215 Å². The van der Waals surface area contributed by atoms with Crippen LogP contribution in [0.4, 0.5) is 15.8 Å². The molecular weight excluding hydrogens is 463 g/mol. The average Bonchev–Trinajstić information content (AvgIpc) is 3.33. The van der Waals surface area contributed by atoms with Crippen molar-refractivity contribution in [2.75, 3.05) is 10.6 Å². The summed E-state index contributed by atoms with van der Waals surface area (Å²) in [7, 11) is 0. The van der Waals surface area contributed by atoms with Crippen molar-refractivity contribution in [1.29, 1.82) is 0 Å². The van der Waals surface area contributed by atoms with Crippen LogP contribution in [-0.4, -0.2) is 20.2 Å². The summed E-state index contributed by atoms with van der Waals surface area (Å²) < 4.78 is 13.8. The lowest BCUT2D eigenvalue weighted by molar-refractivity contribution is 0.628. The third kappa shape index (κ3) is 4.97. The Morgan fingerprint density at radius 1 is 0.973 bits per heavy atom. The number of H-pyrrole nitrogens is 1. The van der Waals surface area contributed by atoms with Crippen LogP contribution in [0.25, 0.3) is 39.0 Å². The molecule has 0 aliphatic heterocycles. The summed E-state index contributed by atoms with van der Waals surface area (Å²) in [6.45, 7) is 12.3. The van der Waals surface area contributed by atoms with Crippen molar-refractivity contribution >= 4 is 28.0 Å². The van der Waals surface area contributed by atoms with Crippen molar-refractivity contribution in [1.82, 2.24) is 20.2 Å². The monoisotopic (exact) mass is 490 g/mol. The topological polar surface area (TPSA) is 78.5 Å². The van der Waals surface area contributed by atoms with Crippen molar-refractivity contribution in [2.24, 2.45) is 0 Å². The highest BCUT2D eigenvalue weighted by atomic mass is 19.1. The van der Waals surface area contributed by atoms with Gasteiger partial charge in [0.25, 0.3) is 0 Å². The van der Waals surface area contributed by atoms with Crippen LogP contribution in [0.3, 0.4) is 0 Å². The molecule has 5 aromatic rings. The summed E-state index contributed by atoms with van der Waals surface area (Å²) in [5.41, 5.74) is 9.17. The lowest BCUT2D eigenvalue weighted by Gasteiger charge is -2.15. The van der Waals surface area contributed by atoms with E-state index < -0.39 is 0 Å². The first-order chi connectivity index (χ1) is 17.9. The summed E-state index contributed by atoms with van der Waals surface area (Å²) >= 11 is 0. The van der Waals surface area contributed by atoms with Gasteiger partial charge in [-0.15, -0.1) is 0 Å². The van der Waals surface area contributed by atoms with Gasteiger partial charge in [0.05, 0.1) is 35.0 Å². The minimum absolute atomic E-state index is 0.265. The molecule has 0 amide bonds. The number of nitrogens with zero attached hydrogens (tertiary/aromatic N) is 3. The average molecular weight is 491 g/mol. The number of rotatable bonds is 8. The van der Waals surface area contributed by atoms with Gasteiger partial charge in [0, 0.05) is 28.5 Å². The molecule has 0 unspecified atom stereocenters. The normalized spacial score (nSPS) is 10.9. The zero-order valence-electron chi connectivity index (χ0n) is 20.8. The van der Waals surface area contributed by atoms with E-state index in [1.54, 1.807) is 24.7 Å². The van der Waals surface area contributed by atoms with Gasteiger partial charge >= 0.3 is 0 Å². The Balaban J connectivity index is 1.45. The Morgan fingerprint density at radius 3 is 2.62 bits per heavy atom. The summed E-state index contributed by atoms with van der Waals surface area (Å²) in [6.07, 6.45) is 6.13. The van der Waals surface area contributed by atoms with Crippen molar-refractivity contribution < 1.29 is 4.39 Å². The molecule has 0 bridgehead atoms. The molecule has 0 spiro atoms. The molecule has 0 fully saturated rings. The molecule has 3 aromatic heterocycles. The maximum absolute atomic E-state index is 13.8. The number of hydrogen-bond acceptors (Lipinski definition) is 5. The molecule has 6 nitrogen and oxygen atoms in total. The van der Waals surface area contributed by atoms with E-state index in [0.29, 0.717) is 11.4 Å². The third-order valence-electron chi connectivity index (χ3n) is 6.27. The Kier molecular flexibility index (Phi) is 6.51. The molecule has 7 heteroatoms. The number of aromatic amines is 1. The minimum Gasteiger partial charge on any atom is -0.358 e. The van der Waals surface area contributed by atoms with E-state index in [4.69, 9.17) is 0 Å². The van der Waals surface area contributed by atoms with Gasteiger partial charge in [-0.25, -0.2) is 4.39 Å². The number of fused-ring (bicyclic) bond motifs is 1. The lowest BCUT2D eigenvalue weighted by atomic mass is 9.99. The molecule has 0 aliphatic rings. The molecule has 184 valence electrons. The molecule has 0 aliphatic carbocycles. The highest BCUT2D eigenvalue weighted by Crippen LogP contribution is 2.32. The largest absolute Gasteiger partial charge is 0.358 e. The van der Waals surface area contributed by atoms with E-state index in [0.717, 1.165) is 62.3 Å². The van der Waals surface area contributed by atoms with E-state index >= 15 is 0 Å². The molecule has 3 heterocycles. The number of aromatic nitrogens is 4. The Morgan fingerprint density at radius 2 is 1.81 bits per heavy atom. The number of allylic oxidation sites excluding steroid dienone is 1. The Bertz CT molecular complexity index is 1630. The van der Waals surface area contributed by atoms with E-state index in [2.05, 4.69) is 44.0 Å². The fraction of sp³-hybridized carbons (Fsp3) is 0.100. The smallest absolute Gasteiger partial charge is 0.123 e. The first-order valence-electron chi connectivity index (χ1n) is 12.0. The number of halogens is 1. The van der Waals surface area contributed by atoms with Crippen LogP contribution in [0.1, 0.15) is 24.6 Å². The van der Waals surface area contributed by atoms with E-state index in [1.807, 2.05) is 50.2 Å². The van der Waals surface area contributed by atoms with E-state index in [-0.39, 0.29) is 5.82 Å². The fourth-order valence-electron chi connectivity index (χ4n) is 4.21. The second-order valence-electron chi connectivity index (χ2n) is 8.82. The molecule has 5 rings (SSSR count). The van der Waals surface area contributed by atoms with Crippen LogP contribution in [0.15, 0.2) is 92.0 Å². The van der Waals surface area contributed by atoms with Gasteiger partial charge in [-0.1, -0.05) is 44.3 Å². The number of anilines is 2. The zero-order valence-corrected chi connectivity index (χ0v) is 20.8. The number of nitrogens with one attached hydrogen (secondary N) is 3. The summed E-state index contributed by atoms with van der Waals surface area (Å²) in [5.74, 6) is -0.265. The van der Waals surface area contributed by atoms with Gasteiger partial charge in [0.15, 0.2) is 0 Å². The Hall–Kier alpha value is -4.78. The van der Waals surface area contributed by atoms with E-state index in [1.165, 1.54) is 12.1 Å². The first kappa shape index (κ1) is 23.9. The summed E-state index contributed by atoms with van der Waals surface area (Å²) in [6, 6.07) is 16.5. The predicted octanol–water partition coefficient (Wildman–Crippen LogP) is 7.55. The molecule has 0 saturated heterocycles. The molecule has 0 saturated carbocycles. The quantitative estimate of drug-likeness (QED) is 0.209. The molecular formula is C30H27FN6. The van der Waals surface area contributed by atoms with Crippen LogP contribution in [0, 0.1) is 12.7 Å². The first-order valence-corrected chi connectivity index (χ1v) is 12.0. The molecule has 0 atom stereocenters. The minimum atomic E-state index is -0.265. The van der Waals surface area contributed by atoms with Gasteiger partial charge in [0.2, 0.25) is 0 Å². The van der Waals surface area contributed by atoms with Crippen LogP contribution in [-0.2, 0) is 0 Å². The molecule has 3 N–H and O–H groups in total. The van der Waals surface area contributed by atoms with Crippen molar-refractivity contribution in [3.63, 3.8) is 0 Å². The van der Waals surface area contributed by atoms with Crippen LogP contribution < -0.4 is 10.6 Å². The number of pyridine rings is 2. The molecule has 37 heavy (non-hydrogen) atoms. The molecule has 0 radical (unpaired) electrons. The second kappa shape index (κ2) is 10.1. The summed E-state index contributed by atoms with van der Waals surface area (Å²) in [4.78, 5) is 8.96. The lowest BCUT2D eigenvalue weighted by Crippen LogP contribution is -2.01. The predicted molar refractivity (Wildman–Crippen MR) is 149 cm³/mol. The van der Waals surface area contributed by atoms with Gasteiger partial charge in [-0.3, -0.25) is 15.1 Å². The van der Waals surface area contributed by atoms with Gasteiger partial charge < -0.3 is 10.6 Å².